The van der Waals surface area contributed by atoms with Crippen LogP contribution in [0.15, 0.2) is 0 Å². The third-order valence-electron chi connectivity index (χ3n) is 1.28. The van der Waals surface area contributed by atoms with Gasteiger partial charge in [-0.05, 0) is 22.9 Å². The maximum absolute atomic E-state index is 11.1. The molecule has 0 aliphatic carbocycles. The summed E-state index contributed by atoms with van der Waals surface area (Å²) in [6, 6.07) is 0. The van der Waals surface area contributed by atoms with Gasteiger partial charge in [0.1, 0.15) is 0 Å². The SMILES string of the molecule is CCS(=O)(=O)C(Cl)(Br)C(C)O. The highest BCUT2D eigenvalue weighted by Crippen LogP contribution is 2.34. The van der Waals surface area contributed by atoms with Gasteiger partial charge >= 0.3 is 0 Å². The molecule has 0 heterocycles. The van der Waals surface area contributed by atoms with Gasteiger partial charge in [-0.3, -0.25) is 0 Å². The second-order valence-corrected chi connectivity index (χ2v) is 7.64. The zero-order valence-electron chi connectivity index (χ0n) is 6.21. The van der Waals surface area contributed by atoms with Crippen LogP contribution in [0, 0.1) is 0 Å². The maximum atomic E-state index is 11.1. The van der Waals surface area contributed by atoms with E-state index in [4.69, 9.17) is 16.7 Å². The Kier molecular flexibility index (Phi) is 3.82. The second-order valence-electron chi connectivity index (χ2n) is 2.14. The number of hydrogen-bond acceptors (Lipinski definition) is 3. The standard InChI is InChI=1S/C5H10BrClO3S/c1-3-11(9,10)5(6,7)4(2)8/h4,8H,3H2,1-2H3. The van der Waals surface area contributed by atoms with Crippen molar-refractivity contribution in [1.29, 1.82) is 0 Å². The van der Waals surface area contributed by atoms with E-state index in [9.17, 15) is 8.42 Å². The molecule has 0 aromatic heterocycles. The van der Waals surface area contributed by atoms with Gasteiger partial charge in [-0.25, -0.2) is 8.42 Å². The summed E-state index contributed by atoms with van der Waals surface area (Å²) in [6.45, 7) is 2.78. The summed E-state index contributed by atoms with van der Waals surface area (Å²) in [5.41, 5.74) is 0. The Hall–Kier alpha value is 0.680. The fraction of sp³-hybridized carbons (Fsp3) is 1.00. The van der Waals surface area contributed by atoms with Crippen molar-refractivity contribution in [2.45, 2.75) is 23.1 Å². The number of sulfone groups is 1. The smallest absolute Gasteiger partial charge is 0.224 e. The summed E-state index contributed by atoms with van der Waals surface area (Å²) >= 11 is 8.30. The molecule has 3 nitrogen and oxygen atoms in total. The maximum Gasteiger partial charge on any atom is 0.224 e. The Balaban J connectivity index is 4.85. The molecule has 68 valence electrons. The Labute approximate surface area is 79.8 Å². The van der Waals surface area contributed by atoms with E-state index in [2.05, 4.69) is 15.9 Å². The molecule has 0 saturated heterocycles. The van der Waals surface area contributed by atoms with Crippen molar-refractivity contribution in [3.05, 3.63) is 0 Å². The van der Waals surface area contributed by atoms with E-state index in [-0.39, 0.29) is 5.75 Å². The number of rotatable bonds is 3. The Bertz CT molecular complexity index is 222. The molecular formula is C5H10BrClO3S. The van der Waals surface area contributed by atoms with E-state index >= 15 is 0 Å². The Morgan fingerprint density at radius 1 is 1.73 bits per heavy atom. The van der Waals surface area contributed by atoms with E-state index in [1.165, 1.54) is 13.8 Å². The third-order valence-corrected chi connectivity index (χ3v) is 6.38. The number of alkyl halides is 2. The molecular weight excluding hydrogens is 255 g/mol. The third kappa shape index (κ3) is 2.31. The molecule has 11 heavy (non-hydrogen) atoms. The van der Waals surface area contributed by atoms with Crippen LogP contribution >= 0.6 is 27.5 Å². The first-order valence-corrected chi connectivity index (χ1v) is 5.86. The fourth-order valence-corrected chi connectivity index (χ4v) is 2.37. The zero-order chi connectivity index (χ0) is 9.28. The molecule has 0 radical (unpaired) electrons. The molecule has 1 N–H and O–H groups in total. The predicted octanol–water partition coefficient (Wildman–Crippen LogP) is 1.09. The molecule has 0 aliphatic rings. The normalized spacial score (nSPS) is 20.8. The van der Waals surface area contributed by atoms with Crippen LogP contribution in [0.2, 0.25) is 0 Å². The largest absolute Gasteiger partial charge is 0.390 e. The molecule has 0 aliphatic heterocycles. The summed E-state index contributed by atoms with van der Waals surface area (Å²) in [6.07, 6.45) is -1.14. The van der Waals surface area contributed by atoms with Crippen molar-refractivity contribution in [2.75, 3.05) is 5.75 Å². The lowest BCUT2D eigenvalue weighted by Crippen LogP contribution is -2.37. The van der Waals surface area contributed by atoms with E-state index in [0.717, 1.165) is 0 Å². The van der Waals surface area contributed by atoms with Gasteiger partial charge in [0.05, 0.1) is 11.9 Å². The first-order valence-electron chi connectivity index (χ1n) is 3.04. The fourth-order valence-electron chi connectivity index (χ4n) is 0.452. The highest BCUT2D eigenvalue weighted by atomic mass is 79.9. The van der Waals surface area contributed by atoms with Gasteiger partial charge in [-0.2, -0.15) is 0 Å². The average Bonchev–Trinajstić information content (AvgIpc) is 1.87. The first-order chi connectivity index (χ1) is 4.75. The van der Waals surface area contributed by atoms with E-state index < -0.39 is 19.1 Å². The molecule has 0 aromatic rings. The van der Waals surface area contributed by atoms with Gasteiger partial charge in [0.25, 0.3) is 0 Å². The topological polar surface area (TPSA) is 54.4 Å². The number of aliphatic hydroxyl groups excluding tert-OH is 1. The van der Waals surface area contributed by atoms with Crippen molar-refractivity contribution in [2.24, 2.45) is 0 Å². The highest BCUT2D eigenvalue weighted by Gasteiger charge is 2.42. The van der Waals surface area contributed by atoms with Crippen molar-refractivity contribution in [3.63, 3.8) is 0 Å². The van der Waals surface area contributed by atoms with Gasteiger partial charge in [0, 0.05) is 0 Å². The van der Waals surface area contributed by atoms with Crippen LogP contribution in [0.4, 0.5) is 0 Å². The van der Waals surface area contributed by atoms with Gasteiger partial charge < -0.3 is 5.11 Å². The van der Waals surface area contributed by atoms with Crippen LogP contribution in [0.3, 0.4) is 0 Å². The van der Waals surface area contributed by atoms with E-state index in [1.54, 1.807) is 0 Å². The molecule has 2 atom stereocenters. The molecule has 0 amide bonds. The molecule has 0 saturated carbocycles. The number of aliphatic hydroxyl groups is 1. The summed E-state index contributed by atoms with van der Waals surface area (Å²) < 4.78 is 20.5. The number of halogens is 2. The minimum absolute atomic E-state index is 0.105. The Morgan fingerprint density at radius 2 is 2.09 bits per heavy atom. The summed E-state index contributed by atoms with van der Waals surface area (Å²) in [5, 5.41) is 8.99. The molecule has 6 heteroatoms. The highest BCUT2D eigenvalue weighted by molar-refractivity contribution is 9.12. The average molecular weight is 266 g/mol. The number of hydrogen-bond donors (Lipinski definition) is 1. The lowest BCUT2D eigenvalue weighted by atomic mass is 10.5. The van der Waals surface area contributed by atoms with Crippen LogP contribution in [-0.4, -0.2) is 28.5 Å². The minimum Gasteiger partial charge on any atom is -0.390 e. The van der Waals surface area contributed by atoms with Crippen LogP contribution in [0.25, 0.3) is 0 Å². The molecule has 0 rings (SSSR count). The molecule has 0 fully saturated rings. The van der Waals surface area contributed by atoms with Crippen LogP contribution in [0.1, 0.15) is 13.8 Å². The second kappa shape index (κ2) is 3.60. The predicted molar refractivity (Wildman–Crippen MR) is 48.7 cm³/mol. The van der Waals surface area contributed by atoms with E-state index in [0.29, 0.717) is 0 Å². The Morgan fingerprint density at radius 3 is 2.18 bits per heavy atom. The summed E-state index contributed by atoms with van der Waals surface area (Å²) in [4.78, 5) is 0. The van der Waals surface area contributed by atoms with Crippen LogP contribution in [0.5, 0.6) is 0 Å². The molecule has 0 aromatic carbocycles. The molecule has 0 bridgehead atoms. The van der Waals surface area contributed by atoms with Gasteiger partial charge in [0.2, 0.25) is 3.12 Å². The first kappa shape index (κ1) is 11.7. The molecule has 2 unspecified atom stereocenters. The quantitative estimate of drug-likeness (QED) is 0.777. The van der Waals surface area contributed by atoms with Crippen LogP contribution < -0.4 is 0 Å². The van der Waals surface area contributed by atoms with Crippen molar-refractivity contribution < 1.29 is 13.5 Å². The lowest BCUT2D eigenvalue weighted by Gasteiger charge is -2.22. The van der Waals surface area contributed by atoms with Gasteiger partial charge in [-0.15, -0.1) is 0 Å². The van der Waals surface area contributed by atoms with E-state index in [1.807, 2.05) is 0 Å². The summed E-state index contributed by atoms with van der Waals surface area (Å²) in [5.74, 6) is -0.105. The monoisotopic (exact) mass is 264 g/mol. The van der Waals surface area contributed by atoms with Gasteiger partial charge in [-0.1, -0.05) is 18.5 Å². The lowest BCUT2D eigenvalue weighted by molar-refractivity contribution is 0.202. The van der Waals surface area contributed by atoms with Crippen LogP contribution in [-0.2, 0) is 9.84 Å². The van der Waals surface area contributed by atoms with Crippen molar-refractivity contribution in [3.8, 4) is 0 Å². The van der Waals surface area contributed by atoms with Crippen molar-refractivity contribution >= 4 is 37.4 Å². The molecule has 0 spiro atoms. The minimum atomic E-state index is -3.46. The zero-order valence-corrected chi connectivity index (χ0v) is 9.37. The summed E-state index contributed by atoms with van der Waals surface area (Å²) in [7, 11) is -3.46. The van der Waals surface area contributed by atoms with Crippen molar-refractivity contribution in [1.82, 2.24) is 0 Å². The van der Waals surface area contributed by atoms with Gasteiger partial charge in [0.15, 0.2) is 9.84 Å².